The van der Waals surface area contributed by atoms with Crippen LogP contribution in [-0.4, -0.2) is 0 Å². The van der Waals surface area contributed by atoms with Crippen molar-refractivity contribution in [2.45, 2.75) is 6.18 Å². The van der Waals surface area contributed by atoms with Crippen LogP contribution in [0.25, 0.3) is 11.1 Å². The number of nitrogens with two attached hydrogens (primary N) is 1. The van der Waals surface area contributed by atoms with E-state index in [-0.39, 0.29) is 16.8 Å². The fraction of sp³-hybridized carbons (Fsp3) is 0.0769. The van der Waals surface area contributed by atoms with Crippen molar-refractivity contribution in [3.63, 3.8) is 0 Å². The molecule has 2 N–H and O–H groups in total. The van der Waals surface area contributed by atoms with Gasteiger partial charge >= 0.3 is 6.18 Å². The van der Waals surface area contributed by atoms with Gasteiger partial charge in [0.05, 0.1) is 0 Å². The number of halogens is 6. The summed E-state index contributed by atoms with van der Waals surface area (Å²) >= 11 is 0. The molecule has 0 amide bonds. The van der Waals surface area contributed by atoms with Crippen molar-refractivity contribution in [2.24, 2.45) is 0 Å². The standard InChI is InChI=1S/C13H7F6N/c14-7-1-2-11(20)8(5-7)6-3-9(15)12(10(16)4-6)13(17,18)19/h1-5H,20H2. The van der Waals surface area contributed by atoms with E-state index in [2.05, 4.69) is 0 Å². The Morgan fingerprint density at radius 3 is 1.90 bits per heavy atom. The maximum atomic E-state index is 13.4. The van der Waals surface area contributed by atoms with E-state index in [1.54, 1.807) is 0 Å². The lowest BCUT2D eigenvalue weighted by Gasteiger charge is -2.12. The first kappa shape index (κ1) is 14.2. The number of hydrogen-bond acceptors (Lipinski definition) is 1. The first-order chi connectivity index (χ1) is 9.20. The zero-order valence-corrected chi connectivity index (χ0v) is 9.73. The molecule has 7 heteroatoms. The minimum Gasteiger partial charge on any atom is -0.398 e. The van der Waals surface area contributed by atoms with Gasteiger partial charge in [0.25, 0.3) is 0 Å². The smallest absolute Gasteiger partial charge is 0.398 e. The van der Waals surface area contributed by atoms with Crippen LogP contribution < -0.4 is 5.73 Å². The molecule has 0 aliphatic rings. The van der Waals surface area contributed by atoms with Crippen molar-refractivity contribution in [2.75, 3.05) is 5.73 Å². The van der Waals surface area contributed by atoms with Crippen molar-refractivity contribution in [3.8, 4) is 11.1 Å². The van der Waals surface area contributed by atoms with E-state index in [0.29, 0.717) is 12.1 Å². The van der Waals surface area contributed by atoms with E-state index in [4.69, 9.17) is 5.73 Å². The van der Waals surface area contributed by atoms with Gasteiger partial charge in [0.1, 0.15) is 23.0 Å². The van der Waals surface area contributed by atoms with E-state index < -0.39 is 29.2 Å². The Morgan fingerprint density at radius 2 is 1.40 bits per heavy atom. The van der Waals surface area contributed by atoms with Gasteiger partial charge < -0.3 is 5.73 Å². The van der Waals surface area contributed by atoms with Crippen LogP contribution in [0, 0.1) is 17.5 Å². The Hall–Kier alpha value is -2.18. The highest BCUT2D eigenvalue weighted by atomic mass is 19.4. The molecule has 0 radical (unpaired) electrons. The van der Waals surface area contributed by atoms with Crippen molar-refractivity contribution in [1.29, 1.82) is 0 Å². The minimum atomic E-state index is -5.15. The van der Waals surface area contributed by atoms with Crippen molar-refractivity contribution >= 4 is 5.69 Å². The minimum absolute atomic E-state index is 0.00930. The molecule has 0 saturated carbocycles. The molecule has 106 valence electrons. The zero-order chi connectivity index (χ0) is 15.1. The molecule has 1 nitrogen and oxygen atoms in total. The molecule has 0 heterocycles. The average molecular weight is 291 g/mol. The molecule has 0 aliphatic heterocycles. The summed E-state index contributed by atoms with van der Waals surface area (Å²) in [5.74, 6) is -4.29. The van der Waals surface area contributed by atoms with Crippen LogP contribution in [0.2, 0.25) is 0 Å². The van der Waals surface area contributed by atoms with E-state index in [0.717, 1.165) is 18.2 Å². The van der Waals surface area contributed by atoms with Crippen molar-refractivity contribution in [3.05, 3.63) is 53.3 Å². The Balaban J connectivity index is 2.64. The summed E-state index contributed by atoms with van der Waals surface area (Å²) in [5.41, 5.74) is 3.15. The van der Waals surface area contributed by atoms with Gasteiger partial charge in [-0.2, -0.15) is 13.2 Å². The maximum Gasteiger partial charge on any atom is 0.422 e. The van der Waals surface area contributed by atoms with Gasteiger partial charge in [0.15, 0.2) is 0 Å². The largest absolute Gasteiger partial charge is 0.422 e. The summed E-state index contributed by atoms with van der Waals surface area (Å²) in [7, 11) is 0. The van der Waals surface area contributed by atoms with Crippen LogP contribution in [0.4, 0.5) is 32.0 Å². The lowest BCUT2D eigenvalue weighted by molar-refractivity contribution is -0.142. The molecular formula is C13H7F6N. The number of hydrogen-bond donors (Lipinski definition) is 1. The summed E-state index contributed by atoms with van der Waals surface area (Å²) in [4.78, 5) is 0. The van der Waals surface area contributed by atoms with Gasteiger partial charge in [0.2, 0.25) is 0 Å². The van der Waals surface area contributed by atoms with Crippen LogP contribution in [0.15, 0.2) is 30.3 Å². The van der Waals surface area contributed by atoms with Gasteiger partial charge in [-0.1, -0.05) is 0 Å². The fourth-order valence-electron chi connectivity index (χ4n) is 1.78. The van der Waals surface area contributed by atoms with Crippen LogP contribution >= 0.6 is 0 Å². The van der Waals surface area contributed by atoms with Crippen molar-refractivity contribution < 1.29 is 26.3 Å². The lowest BCUT2D eigenvalue weighted by Crippen LogP contribution is -2.11. The molecule has 0 fully saturated rings. The molecule has 2 aromatic carbocycles. The second-order valence-electron chi connectivity index (χ2n) is 4.04. The molecule has 0 aromatic heterocycles. The number of nitrogen functional groups attached to an aromatic ring is 1. The maximum absolute atomic E-state index is 13.4. The highest BCUT2D eigenvalue weighted by molar-refractivity contribution is 5.76. The van der Waals surface area contributed by atoms with Crippen LogP contribution in [0.5, 0.6) is 0 Å². The first-order valence-electron chi connectivity index (χ1n) is 5.32. The normalized spacial score (nSPS) is 11.7. The van der Waals surface area contributed by atoms with Crippen molar-refractivity contribution in [1.82, 2.24) is 0 Å². The Bertz CT molecular complexity index is 639. The van der Waals surface area contributed by atoms with Crippen LogP contribution in [-0.2, 0) is 6.18 Å². The van der Waals surface area contributed by atoms with Gasteiger partial charge in [-0.15, -0.1) is 0 Å². The van der Waals surface area contributed by atoms with E-state index >= 15 is 0 Å². The lowest BCUT2D eigenvalue weighted by atomic mass is 10.0. The number of anilines is 1. The molecule has 0 spiro atoms. The van der Waals surface area contributed by atoms with E-state index in [9.17, 15) is 26.3 Å². The molecule has 20 heavy (non-hydrogen) atoms. The van der Waals surface area contributed by atoms with E-state index in [1.165, 1.54) is 0 Å². The molecule has 0 bridgehead atoms. The summed E-state index contributed by atoms with van der Waals surface area (Å²) in [6, 6.07) is 4.00. The third-order valence-electron chi connectivity index (χ3n) is 2.65. The first-order valence-corrected chi connectivity index (χ1v) is 5.32. The molecule has 2 rings (SSSR count). The van der Waals surface area contributed by atoms with Crippen LogP contribution in [0.3, 0.4) is 0 Å². The molecule has 2 aromatic rings. The Kier molecular flexibility index (Phi) is 3.37. The second-order valence-corrected chi connectivity index (χ2v) is 4.04. The fourth-order valence-corrected chi connectivity index (χ4v) is 1.78. The summed E-state index contributed by atoms with van der Waals surface area (Å²) in [6.07, 6.45) is -5.15. The SMILES string of the molecule is Nc1ccc(F)cc1-c1cc(F)c(C(F)(F)F)c(F)c1. The van der Waals surface area contributed by atoms with Gasteiger partial charge in [-0.25, -0.2) is 13.2 Å². The van der Waals surface area contributed by atoms with Gasteiger partial charge in [-0.3, -0.25) is 0 Å². The Morgan fingerprint density at radius 1 is 0.850 bits per heavy atom. The highest BCUT2D eigenvalue weighted by Gasteiger charge is 2.38. The van der Waals surface area contributed by atoms with E-state index in [1.807, 2.05) is 0 Å². The molecule has 0 unspecified atom stereocenters. The third-order valence-corrected chi connectivity index (χ3v) is 2.65. The topological polar surface area (TPSA) is 26.0 Å². The van der Waals surface area contributed by atoms with Crippen LogP contribution in [0.1, 0.15) is 5.56 Å². The summed E-state index contributed by atoms with van der Waals surface area (Å²) in [5, 5.41) is 0. The summed E-state index contributed by atoms with van der Waals surface area (Å²) in [6.45, 7) is 0. The van der Waals surface area contributed by atoms with Gasteiger partial charge in [-0.05, 0) is 35.9 Å². The number of alkyl halides is 3. The molecule has 0 aliphatic carbocycles. The number of rotatable bonds is 1. The predicted octanol–water partition coefficient (Wildman–Crippen LogP) is 4.37. The third kappa shape index (κ3) is 2.56. The highest BCUT2D eigenvalue weighted by Crippen LogP contribution is 2.37. The number of benzene rings is 2. The predicted molar refractivity (Wildman–Crippen MR) is 61.2 cm³/mol. The summed E-state index contributed by atoms with van der Waals surface area (Å²) < 4.78 is 77.2. The molecular weight excluding hydrogens is 284 g/mol. The second kappa shape index (κ2) is 4.73. The Labute approximate surface area is 109 Å². The molecule has 0 atom stereocenters. The average Bonchev–Trinajstić information content (AvgIpc) is 2.29. The van der Waals surface area contributed by atoms with Gasteiger partial charge in [0, 0.05) is 11.3 Å². The quantitative estimate of drug-likeness (QED) is 0.612. The molecule has 0 saturated heterocycles. The monoisotopic (exact) mass is 291 g/mol. The zero-order valence-electron chi connectivity index (χ0n) is 9.73.